The number of anilines is 1. The Labute approximate surface area is 123 Å². The molecule has 0 bridgehead atoms. The average molecular weight is 328 g/mol. The maximum Gasteiger partial charge on any atom is 0.162 e. The van der Waals surface area contributed by atoms with Crippen molar-refractivity contribution in [1.29, 1.82) is 0 Å². The molecule has 1 N–H and O–H groups in total. The van der Waals surface area contributed by atoms with E-state index in [4.69, 9.17) is 9.72 Å². The molecule has 1 atom stereocenters. The summed E-state index contributed by atoms with van der Waals surface area (Å²) in [5.74, 6) is 1.70. The highest BCUT2D eigenvalue weighted by molar-refractivity contribution is 9.10. The van der Waals surface area contributed by atoms with E-state index in [1.54, 1.807) is 0 Å². The van der Waals surface area contributed by atoms with E-state index in [0.29, 0.717) is 0 Å². The van der Waals surface area contributed by atoms with Crippen molar-refractivity contribution >= 4 is 21.7 Å². The van der Waals surface area contributed by atoms with Gasteiger partial charge < -0.3 is 10.1 Å². The van der Waals surface area contributed by atoms with E-state index in [-0.39, 0.29) is 5.60 Å². The van der Waals surface area contributed by atoms with Crippen molar-refractivity contribution in [2.45, 2.75) is 52.1 Å². The van der Waals surface area contributed by atoms with Crippen LogP contribution in [0.1, 0.15) is 51.6 Å². The first kappa shape index (κ1) is 14.7. The van der Waals surface area contributed by atoms with Crippen molar-refractivity contribution in [2.75, 3.05) is 18.5 Å². The Kier molecular flexibility index (Phi) is 4.79. The Morgan fingerprint density at radius 3 is 2.74 bits per heavy atom. The molecule has 19 heavy (non-hydrogen) atoms. The number of hydrogen-bond donors (Lipinski definition) is 1. The predicted molar refractivity (Wildman–Crippen MR) is 80.4 cm³/mol. The first-order chi connectivity index (χ1) is 9.10. The lowest BCUT2D eigenvalue weighted by atomic mass is 10.0. The van der Waals surface area contributed by atoms with E-state index < -0.39 is 0 Å². The van der Waals surface area contributed by atoms with Crippen LogP contribution in [-0.2, 0) is 16.8 Å². The van der Waals surface area contributed by atoms with Gasteiger partial charge in [0.05, 0.1) is 10.2 Å². The number of aryl methyl sites for hydroxylation is 1. The summed E-state index contributed by atoms with van der Waals surface area (Å²) in [7, 11) is 0. The lowest BCUT2D eigenvalue weighted by Gasteiger charge is -2.23. The zero-order valence-corrected chi connectivity index (χ0v) is 13.5. The smallest absolute Gasteiger partial charge is 0.162 e. The quantitative estimate of drug-likeness (QED) is 0.896. The largest absolute Gasteiger partial charge is 0.369 e. The summed E-state index contributed by atoms with van der Waals surface area (Å²) in [6.45, 7) is 8.06. The summed E-state index contributed by atoms with van der Waals surface area (Å²) in [6.07, 6.45) is 4.02. The molecule has 1 aliphatic heterocycles. The van der Waals surface area contributed by atoms with E-state index >= 15 is 0 Å². The molecule has 1 unspecified atom stereocenters. The topological polar surface area (TPSA) is 47.0 Å². The van der Waals surface area contributed by atoms with E-state index in [1.165, 1.54) is 0 Å². The molecule has 1 aromatic heterocycles. The lowest BCUT2D eigenvalue weighted by Crippen LogP contribution is -2.25. The van der Waals surface area contributed by atoms with Crippen molar-refractivity contribution < 1.29 is 4.74 Å². The third-order valence-electron chi connectivity index (χ3n) is 3.49. The van der Waals surface area contributed by atoms with Crippen LogP contribution in [0, 0.1) is 0 Å². The molecule has 2 heterocycles. The van der Waals surface area contributed by atoms with Crippen LogP contribution < -0.4 is 5.32 Å². The highest BCUT2D eigenvalue weighted by Crippen LogP contribution is 2.36. The number of nitrogens with zero attached hydrogens (tertiary/aromatic N) is 2. The maximum atomic E-state index is 5.86. The lowest BCUT2D eigenvalue weighted by molar-refractivity contribution is 0.00924. The predicted octanol–water partition coefficient (Wildman–Crippen LogP) is 3.65. The van der Waals surface area contributed by atoms with Gasteiger partial charge in [0.15, 0.2) is 5.82 Å². The molecule has 5 heteroatoms. The Hall–Kier alpha value is -0.680. The average Bonchev–Trinajstić information content (AvgIpc) is 2.85. The Bertz CT molecular complexity index is 445. The molecule has 0 amide bonds. The normalized spacial score (nSPS) is 22.7. The van der Waals surface area contributed by atoms with Crippen molar-refractivity contribution in [3.8, 4) is 0 Å². The molecule has 0 aromatic carbocycles. The third kappa shape index (κ3) is 3.08. The van der Waals surface area contributed by atoms with Gasteiger partial charge in [-0.15, -0.1) is 0 Å². The molecule has 0 radical (unpaired) electrons. The van der Waals surface area contributed by atoms with Gasteiger partial charge in [-0.3, -0.25) is 0 Å². The van der Waals surface area contributed by atoms with Crippen LogP contribution in [0.5, 0.6) is 0 Å². The standard InChI is InChI=1S/C14H22BrN3O/c1-4-8-16-12-11(15)10(5-2)17-13(18-12)14(3)7-6-9-19-14/h4-9H2,1-3H3,(H,16,17,18). The zero-order valence-electron chi connectivity index (χ0n) is 11.9. The van der Waals surface area contributed by atoms with Gasteiger partial charge in [-0.2, -0.15) is 0 Å². The van der Waals surface area contributed by atoms with Gasteiger partial charge in [-0.05, 0) is 48.5 Å². The van der Waals surface area contributed by atoms with E-state index in [0.717, 1.165) is 60.6 Å². The highest BCUT2D eigenvalue weighted by Gasteiger charge is 2.35. The third-order valence-corrected chi connectivity index (χ3v) is 4.32. The monoisotopic (exact) mass is 327 g/mol. The van der Waals surface area contributed by atoms with Gasteiger partial charge in [-0.25, -0.2) is 9.97 Å². The maximum absolute atomic E-state index is 5.86. The second-order valence-corrected chi connectivity index (χ2v) is 5.91. The molecular formula is C14H22BrN3O. The van der Waals surface area contributed by atoms with Gasteiger partial charge in [0.2, 0.25) is 0 Å². The van der Waals surface area contributed by atoms with E-state index in [1.807, 2.05) is 0 Å². The molecular weight excluding hydrogens is 306 g/mol. The fraction of sp³-hybridized carbons (Fsp3) is 0.714. The number of halogens is 1. The van der Waals surface area contributed by atoms with Gasteiger partial charge in [0.1, 0.15) is 11.4 Å². The molecule has 1 aromatic rings. The minimum Gasteiger partial charge on any atom is -0.369 e. The van der Waals surface area contributed by atoms with Crippen LogP contribution in [0.15, 0.2) is 4.47 Å². The summed E-state index contributed by atoms with van der Waals surface area (Å²) >= 11 is 3.60. The van der Waals surface area contributed by atoms with Crippen LogP contribution >= 0.6 is 15.9 Å². The molecule has 0 spiro atoms. The molecule has 0 saturated carbocycles. The molecule has 1 saturated heterocycles. The molecule has 106 valence electrons. The van der Waals surface area contributed by atoms with Crippen molar-refractivity contribution in [1.82, 2.24) is 9.97 Å². The first-order valence-electron chi connectivity index (χ1n) is 7.05. The second kappa shape index (κ2) is 6.18. The van der Waals surface area contributed by atoms with Crippen LogP contribution in [-0.4, -0.2) is 23.1 Å². The van der Waals surface area contributed by atoms with Gasteiger partial charge in [0, 0.05) is 13.2 Å². The van der Waals surface area contributed by atoms with Crippen LogP contribution in [0.4, 0.5) is 5.82 Å². The first-order valence-corrected chi connectivity index (χ1v) is 7.84. The Morgan fingerprint density at radius 2 is 2.16 bits per heavy atom. The number of aromatic nitrogens is 2. The summed E-state index contributed by atoms with van der Waals surface area (Å²) in [5.41, 5.74) is 0.716. The number of ether oxygens (including phenoxy) is 1. The minimum atomic E-state index is -0.326. The molecule has 1 fully saturated rings. The summed E-state index contributed by atoms with van der Waals surface area (Å²) in [5, 5.41) is 3.36. The van der Waals surface area contributed by atoms with Crippen LogP contribution in [0.25, 0.3) is 0 Å². The van der Waals surface area contributed by atoms with Crippen molar-refractivity contribution in [2.24, 2.45) is 0 Å². The van der Waals surface area contributed by atoms with E-state index in [2.05, 4.69) is 47.0 Å². The van der Waals surface area contributed by atoms with Gasteiger partial charge in [0.25, 0.3) is 0 Å². The summed E-state index contributed by atoms with van der Waals surface area (Å²) < 4.78 is 6.84. The van der Waals surface area contributed by atoms with E-state index in [9.17, 15) is 0 Å². The minimum absolute atomic E-state index is 0.326. The summed E-state index contributed by atoms with van der Waals surface area (Å²) in [4.78, 5) is 9.37. The summed E-state index contributed by atoms with van der Waals surface area (Å²) in [6, 6.07) is 0. The SMILES string of the molecule is CCCNc1nc(C2(C)CCCO2)nc(CC)c1Br. The fourth-order valence-electron chi connectivity index (χ4n) is 2.28. The number of rotatable bonds is 5. The second-order valence-electron chi connectivity index (χ2n) is 5.12. The van der Waals surface area contributed by atoms with Crippen molar-refractivity contribution in [3.63, 3.8) is 0 Å². The molecule has 0 aliphatic carbocycles. The van der Waals surface area contributed by atoms with Crippen LogP contribution in [0.2, 0.25) is 0 Å². The van der Waals surface area contributed by atoms with Gasteiger partial charge in [-0.1, -0.05) is 13.8 Å². The molecule has 4 nitrogen and oxygen atoms in total. The Balaban J connectivity index is 2.38. The number of nitrogens with one attached hydrogen (secondary N) is 1. The number of hydrogen-bond acceptors (Lipinski definition) is 4. The molecule has 2 rings (SSSR count). The highest BCUT2D eigenvalue weighted by atomic mass is 79.9. The van der Waals surface area contributed by atoms with Crippen molar-refractivity contribution in [3.05, 3.63) is 16.0 Å². The fourth-order valence-corrected chi connectivity index (χ4v) is 2.88. The molecule has 1 aliphatic rings. The van der Waals surface area contributed by atoms with Gasteiger partial charge >= 0.3 is 0 Å². The Morgan fingerprint density at radius 1 is 1.37 bits per heavy atom. The van der Waals surface area contributed by atoms with Crippen LogP contribution in [0.3, 0.4) is 0 Å². The zero-order chi connectivity index (χ0) is 13.9.